The number of hydrogen-bond acceptors (Lipinski definition) is 5. The molecule has 3 aromatic heterocycles. The third-order valence-corrected chi connectivity index (χ3v) is 5.63. The van der Waals surface area contributed by atoms with Gasteiger partial charge >= 0.3 is 6.09 Å². The highest BCUT2D eigenvalue weighted by atomic mass is 35.5. The predicted molar refractivity (Wildman–Crippen MR) is 133 cm³/mol. The van der Waals surface area contributed by atoms with Crippen LogP contribution in [0.3, 0.4) is 0 Å². The number of carbonyl (C=O) groups is 1. The maximum atomic E-state index is 13.0. The lowest BCUT2D eigenvalue weighted by molar-refractivity contribution is 0.0576. The van der Waals surface area contributed by atoms with Crippen LogP contribution in [0.1, 0.15) is 43.6 Å². The number of aromatic amines is 1. The fraction of sp³-hybridized carbons (Fsp3) is 0.240. The summed E-state index contributed by atoms with van der Waals surface area (Å²) in [5.74, 6) is 0.297. The summed E-state index contributed by atoms with van der Waals surface area (Å²) in [7, 11) is 0. The Bertz CT molecular complexity index is 1320. The molecule has 0 radical (unpaired) electrons. The highest BCUT2D eigenvalue weighted by molar-refractivity contribution is 6.30. The lowest BCUT2D eigenvalue weighted by Crippen LogP contribution is -2.37. The van der Waals surface area contributed by atoms with Crippen molar-refractivity contribution in [3.05, 3.63) is 87.8 Å². The first-order valence-electron chi connectivity index (χ1n) is 10.6. The number of carbonyl (C=O) groups excluding carboxylic acids is 1. The van der Waals surface area contributed by atoms with E-state index in [0.717, 1.165) is 10.9 Å². The SMILES string of the molecule is CC(C)(C)OC(=O)N(Cc1ccc(Cl)cc1)c1ccc(C(O)c2c[nH]c3ncccc23)c(Cl)n1. The zero-order valence-corrected chi connectivity index (χ0v) is 20.4. The van der Waals surface area contributed by atoms with E-state index in [-0.39, 0.29) is 11.7 Å². The van der Waals surface area contributed by atoms with Crippen LogP contribution in [-0.2, 0) is 11.3 Å². The highest BCUT2D eigenvalue weighted by Crippen LogP contribution is 2.33. The first-order chi connectivity index (χ1) is 16.1. The summed E-state index contributed by atoms with van der Waals surface area (Å²) in [6.45, 7) is 5.58. The van der Waals surface area contributed by atoms with Gasteiger partial charge in [-0.1, -0.05) is 35.3 Å². The lowest BCUT2D eigenvalue weighted by atomic mass is 10.0. The molecule has 0 aliphatic heterocycles. The number of pyridine rings is 2. The van der Waals surface area contributed by atoms with E-state index in [1.807, 2.05) is 18.2 Å². The molecule has 4 rings (SSSR count). The Morgan fingerprint density at radius 3 is 2.53 bits per heavy atom. The standard InChI is InChI=1S/C25H24Cl2N4O3/c1-25(2,3)34-24(33)31(14-15-6-8-16(26)9-7-15)20-11-10-18(22(27)30-20)21(32)19-13-29-23-17(19)5-4-12-28-23/h4-13,21,32H,14H2,1-3H3,(H,28,29). The van der Waals surface area contributed by atoms with Crippen LogP contribution in [0.2, 0.25) is 10.2 Å². The van der Waals surface area contributed by atoms with Crippen LogP contribution in [0.5, 0.6) is 0 Å². The maximum Gasteiger partial charge on any atom is 0.416 e. The Morgan fingerprint density at radius 2 is 1.85 bits per heavy atom. The Hall–Kier alpha value is -3.13. The van der Waals surface area contributed by atoms with Gasteiger partial charge in [-0.25, -0.2) is 14.8 Å². The molecule has 3 heterocycles. The van der Waals surface area contributed by atoms with Gasteiger partial charge in [0.05, 0.1) is 6.54 Å². The minimum atomic E-state index is -1.03. The zero-order chi connectivity index (χ0) is 24.5. The van der Waals surface area contributed by atoms with E-state index in [1.54, 1.807) is 63.5 Å². The van der Waals surface area contributed by atoms with E-state index in [2.05, 4.69) is 15.0 Å². The smallest absolute Gasteiger partial charge is 0.416 e. The van der Waals surface area contributed by atoms with Crippen molar-refractivity contribution in [3.8, 4) is 0 Å². The largest absolute Gasteiger partial charge is 0.443 e. The Labute approximate surface area is 207 Å². The molecule has 0 aliphatic rings. The average Bonchev–Trinajstić information content (AvgIpc) is 3.21. The molecule has 0 saturated carbocycles. The average molecular weight is 499 g/mol. The van der Waals surface area contributed by atoms with Gasteiger partial charge in [0.2, 0.25) is 0 Å². The van der Waals surface area contributed by atoms with Crippen molar-refractivity contribution < 1.29 is 14.6 Å². The number of nitrogens with zero attached hydrogens (tertiary/aromatic N) is 3. The first kappa shape index (κ1) is 24.0. The molecule has 0 fully saturated rings. The third kappa shape index (κ3) is 5.33. The molecule has 1 amide bonds. The number of fused-ring (bicyclic) bond motifs is 1. The Morgan fingerprint density at radius 1 is 1.12 bits per heavy atom. The van der Waals surface area contributed by atoms with Crippen LogP contribution >= 0.6 is 23.2 Å². The monoisotopic (exact) mass is 498 g/mol. The van der Waals surface area contributed by atoms with Crippen LogP contribution in [0, 0.1) is 0 Å². The molecule has 1 unspecified atom stereocenters. The number of benzene rings is 1. The van der Waals surface area contributed by atoms with E-state index in [1.165, 1.54) is 4.90 Å². The predicted octanol–water partition coefficient (Wildman–Crippen LogP) is 6.29. The number of rotatable bonds is 5. The van der Waals surface area contributed by atoms with Crippen molar-refractivity contribution >= 4 is 46.1 Å². The summed E-state index contributed by atoms with van der Waals surface area (Å²) in [6.07, 6.45) is 1.77. The van der Waals surface area contributed by atoms with Crippen molar-refractivity contribution in [1.82, 2.24) is 15.0 Å². The van der Waals surface area contributed by atoms with E-state index in [4.69, 9.17) is 27.9 Å². The molecule has 1 aromatic carbocycles. The van der Waals surface area contributed by atoms with Crippen molar-refractivity contribution in [2.45, 2.75) is 39.0 Å². The number of halogens is 2. The van der Waals surface area contributed by atoms with Gasteiger partial charge in [-0.3, -0.25) is 4.90 Å². The second-order valence-corrected chi connectivity index (χ2v) is 9.58. The third-order valence-electron chi connectivity index (χ3n) is 5.08. The number of nitrogens with one attached hydrogen (secondary N) is 1. The van der Waals surface area contributed by atoms with Gasteiger partial charge < -0.3 is 14.8 Å². The minimum Gasteiger partial charge on any atom is -0.443 e. The van der Waals surface area contributed by atoms with Crippen molar-refractivity contribution in [2.24, 2.45) is 0 Å². The fourth-order valence-electron chi connectivity index (χ4n) is 3.49. The summed E-state index contributed by atoms with van der Waals surface area (Å²) >= 11 is 12.5. The van der Waals surface area contributed by atoms with Gasteiger partial charge in [-0.05, 0) is 62.7 Å². The molecule has 9 heteroatoms. The molecule has 0 saturated heterocycles. The highest BCUT2D eigenvalue weighted by Gasteiger charge is 2.26. The fourth-order valence-corrected chi connectivity index (χ4v) is 3.87. The van der Waals surface area contributed by atoms with Crippen LogP contribution in [0.25, 0.3) is 11.0 Å². The van der Waals surface area contributed by atoms with Crippen molar-refractivity contribution in [3.63, 3.8) is 0 Å². The quantitative estimate of drug-likeness (QED) is 0.315. The number of aliphatic hydroxyl groups excluding tert-OH is 1. The van der Waals surface area contributed by atoms with Crippen LogP contribution in [0.4, 0.5) is 10.6 Å². The van der Waals surface area contributed by atoms with Gasteiger partial charge in [0.25, 0.3) is 0 Å². The summed E-state index contributed by atoms with van der Waals surface area (Å²) in [5, 5.41) is 12.5. The van der Waals surface area contributed by atoms with Crippen molar-refractivity contribution in [2.75, 3.05) is 4.90 Å². The number of H-pyrrole nitrogens is 1. The first-order valence-corrected chi connectivity index (χ1v) is 11.4. The van der Waals surface area contributed by atoms with E-state index in [9.17, 15) is 9.90 Å². The molecular weight excluding hydrogens is 475 g/mol. The van der Waals surface area contributed by atoms with Gasteiger partial charge in [-0.2, -0.15) is 0 Å². The maximum absolute atomic E-state index is 13.0. The Balaban J connectivity index is 1.67. The molecule has 7 nitrogen and oxygen atoms in total. The van der Waals surface area contributed by atoms with E-state index in [0.29, 0.717) is 27.6 Å². The number of ether oxygens (including phenoxy) is 1. The number of hydrogen-bond donors (Lipinski definition) is 2. The van der Waals surface area contributed by atoms with Gasteiger partial charge in [0.1, 0.15) is 28.3 Å². The molecule has 0 bridgehead atoms. The van der Waals surface area contributed by atoms with Gasteiger partial charge in [-0.15, -0.1) is 0 Å². The number of amides is 1. The number of aromatic nitrogens is 3. The number of aliphatic hydroxyl groups is 1. The van der Waals surface area contributed by atoms with Gasteiger partial charge in [0.15, 0.2) is 0 Å². The zero-order valence-electron chi connectivity index (χ0n) is 18.9. The van der Waals surface area contributed by atoms with Crippen LogP contribution in [0.15, 0.2) is 60.9 Å². The summed E-state index contributed by atoms with van der Waals surface area (Å²) in [5.41, 5.74) is 1.84. The minimum absolute atomic E-state index is 0.0768. The Kier molecular flexibility index (Phi) is 6.79. The molecule has 4 aromatic rings. The molecular formula is C25H24Cl2N4O3. The summed E-state index contributed by atoms with van der Waals surface area (Å²) in [6, 6.07) is 14.1. The molecule has 176 valence electrons. The van der Waals surface area contributed by atoms with Gasteiger partial charge in [0, 0.05) is 33.9 Å². The second kappa shape index (κ2) is 9.62. The molecule has 1 atom stereocenters. The molecule has 34 heavy (non-hydrogen) atoms. The topological polar surface area (TPSA) is 91.3 Å². The van der Waals surface area contributed by atoms with E-state index < -0.39 is 17.8 Å². The van der Waals surface area contributed by atoms with Crippen molar-refractivity contribution in [1.29, 1.82) is 0 Å². The molecule has 0 spiro atoms. The normalized spacial score (nSPS) is 12.5. The summed E-state index contributed by atoms with van der Waals surface area (Å²) < 4.78 is 5.59. The lowest BCUT2D eigenvalue weighted by Gasteiger charge is -2.27. The molecule has 0 aliphatic carbocycles. The van der Waals surface area contributed by atoms with E-state index >= 15 is 0 Å². The second-order valence-electron chi connectivity index (χ2n) is 8.79. The molecule has 2 N–H and O–H groups in total. The van der Waals surface area contributed by atoms with Crippen LogP contribution in [-0.4, -0.2) is 31.8 Å². The van der Waals surface area contributed by atoms with Crippen LogP contribution < -0.4 is 4.90 Å². The number of anilines is 1. The summed E-state index contributed by atoms with van der Waals surface area (Å²) in [4.78, 5) is 26.1.